The summed E-state index contributed by atoms with van der Waals surface area (Å²) >= 11 is 9.64. The fourth-order valence-electron chi connectivity index (χ4n) is 1.37. The normalized spacial score (nSPS) is 10.4. The van der Waals surface area contributed by atoms with E-state index in [1.54, 1.807) is 6.20 Å². The number of nitrogens with one attached hydrogen (secondary N) is 1. The molecule has 5 heteroatoms. The first kappa shape index (κ1) is 12.1. The average molecular weight is 365 g/mol. The maximum atomic E-state index is 5.82. The molecule has 2 nitrogen and oxygen atoms in total. The maximum Gasteiger partial charge on any atom is 0.113 e. The van der Waals surface area contributed by atoms with Crippen molar-refractivity contribution in [1.29, 1.82) is 0 Å². The van der Waals surface area contributed by atoms with Crippen LogP contribution in [0.25, 0.3) is 0 Å². The minimum Gasteiger partial charge on any atom is -0.378 e. The molecule has 0 spiro atoms. The molecule has 0 amide bonds. The summed E-state index contributed by atoms with van der Waals surface area (Å²) in [4.78, 5) is 4.20. The van der Waals surface area contributed by atoms with Crippen molar-refractivity contribution in [2.45, 2.75) is 13.5 Å². The highest BCUT2D eigenvalue weighted by Crippen LogP contribution is 2.21. The summed E-state index contributed by atoms with van der Waals surface area (Å²) < 4.78 is 1.98. The summed E-state index contributed by atoms with van der Waals surface area (Å²) in [5.41, 5.74) is 2.39. The van der Waals surface area contributed by atoms with Crippen LogP contribution in [0.1, 0.15) is 10.6 Å². The summed E-state index contributed by atoms with van der Waals surface area (Å²) in [6.07, 6.45) is 1.68. The first-order valence-corrected chi connectivity index (χ1v) is 7.03. The fourth-order valence-corrected chi connectivity index (χ4v) is 2.91. The van der Waals surface area contributed by atoms with Gasteiger partial charge in [0.25, 0.3) is 0 Å². The van der Waals surface area contributed by atoms with Gasteiger partial charge in [0.05, 0.1) is 12.7 Å². The van der Waals surface area contributed by atoms with E-state index in [1.165, 1.54) is 20.5 Å². The largest absolute Gasteiger partial charge is 0.378 e. The van der Waals surface area contributed by atoms with Crippen LogP contribution in [-0.2, 0) is 6.54 Å². The Morgan fingerprint density at radius 2 is 2.31 bits per heavy atom. The van der Waals surface area contributed by atoms with Crippen LogP contribution in [0.4, 0.5) is 5.69 Å². The lowest BCUT2D eigenvalue weighted by molar-refractivity contribution is 1.10. The van der Waals surface area contributed by atoms with Gasteiger partial charge in [0.1, 0.15) is 9.34 Å². The van der Waals surface area contributed by atoms with E-state index in [9.17, 15) is 0 Å². The average Bonchev–Trinajstić information content (AvgIpc) is 2.63. The minimum atomic E-state index is 0.721. The van der Waals surface area contributed by atoms with Crippen molar-refractivity contribution in [2.24, 2.45) is 0 Å². The van der Waals surface area contributed by atoms with E-state index in [-0.39, 0.29) is 0 Å². The van der Waals surface area contributed by atoms with Crippen LogP contribution in [0.15, 0.2) is 24.4 Å². The van der Waals surface area contributed by atoms with Gasteiger partial charge in [-0.2, -0.15) is 0 Å². The number of hydrogen-bond donors (Lipinski definition) is 1. The number of aryl methyl sites for hydroxylation is 1. The number of thiazole rings is 1. The zero-order chi connectivity index (χ0) is 11.5. The van der Waals surface area contributed by atoms with Gasteiger partial charge in [-0.25, -0.2) is 4.98 Å². The van der Waals surface area contributed by atoms with Gasteiger partial charge in [-0.1, -0.05) is 11.6 Å². The Morgan fingerprint density at radius 3 is 2.94 bits per heavy atom. The minimum absolute atomic E-state index is 0.721. The summed E-state index contributed by atoms with van der Waals surface area (Å²) in [6.45, 7) is 2.82. The highest BCUT2D eigenvalue weighted by molar-refractivity contribution is 14.1. The molecule has 0 atom stereocenters. The molecule has 1 aromatic heterocycles. The third-order valence-corrected chi connectivity index (χ3v) is 3.93. The van der Waals surface area contributed by atoms with E-state index in [4.69, 9.17) is 11.6 Å². The van der Waals surface area contributed by atoms with Crippen molar-refractivity contribution < 1.29 is 0 Å². The lowest BCUT2D eigenvalue weighted by atomic mass is 10.2. The van der Waals surface area contributed by atoms with Crippen molar-refractivity contribution in [3.05, 3.63) is 42.9 Å². The van der Waals surface area contributed by atoms with E-state index < -0.39 is 0 Å². The first-order chi connectivity index (χ1) is 7.65. The molecular formula is C11H10ClIN2S. The van der Waals surface area contributed by atoms with E-state index >= 15 is 0 Å². The molecule has 0 radical (unpaired) electrons. The molecule has 1 N–H and O–H groups in total. The quantitative estimate of drug-likeness (QED) is 0.820. The first-order valence-electron chi connectivity index (χ1n) is 4.75. The van der Waals surface area contributed by atoms with Crippen molar-refractivity contribution >= 4 is 51.2 Å². The zero-order valence-electron chi connectivity index (χ0n) is 8.63. The number of benzene rings is 1. The van der Waals surface area contributed by atoms with Gasteiger partial charge >= 0.3 is 0 Å². The Kier molecular flexibility index (Phi) is 4.05. The molecule has 0 fully saturated rings. The Hall–Kier alpha value is -0.330. The summed E-state index contributed by atoms with van der Waals surface area (Å²) in [5, 5.41) is 4.36. The molecule has 84 valence electrons. The van der Waals surface area contributed by atoms with Crippen LogP contribution in [0.5, 0.6) is 0 Å². The van der Waals surface area contributed by atoms with Crippen molar-refractivity contribution in [3.8, 4) is 0 Å². The SMILES string of the molecule is Cc1cc(I)ccc1NCc1ncc(Cl)s1. The van der Waals surface area contributed by atoms with E-state index in [2.05, 4.69) is 58.0 Å². The van der Waals surface area contributed by atoms with Gasteiger partial charge in [0.2, 0.25) is 0 Å². The van der Waals surface area contributed by atoms with Gasteiger partial charge in [-0.05, 0) is 53.3 Å². The zero-order valence-corrected chi connectivity index (χ0v) is 12.4. The maximum absolute atomic E-state index is 5.82. The standard InChI is InChI=1S/C11H10ClIN2S/c1-7-4-8(13)2-3-9(7)14-6-11-15-5-10(12)16-11/h2-5,14H,6H2,1H3. The molecule has 2 rings (SSSR count). The molecule has 1 heterocycles. The van der Waals surface area contributed by atoms with Crippen molar-refractivity contribution in [2.75, 3.05) is 5.32 Å². The Balaban J connectivity index is 2.04. The molecule has 0 aliphatic heterocycles. The van der Waals surface area contributed by atoms with Crippen LogP contribution in [0.2, 0.25) is 4.34 Å². The van der Waals surface area contributed by atoms with Gasteiger partial charge in [0, 0.05) is 9.26 Å². The van der Waals surface area contributed by atoms with E-state index in [0.717, 1.165) is 21.6 Å². The molecule has 1 aromatic carbocycles. The summed E-state index contributed by atoms with van der Waals surface area (Å²) in [7, 11) is 0. The predicted molar refractivity (Wildman–Crippen MR) is 78.3 cm³/mol. The topological polar surface area (TPSA) is 24.9 Å². The van der Waals surface area contributed by atoms with Crippen molar-refractivity contribution in [1.82, 2.24) is 4.98 Å². The second-order valence-corrected chi connectivity index (χ2v) is 6.36. The molecule has 0 aliphatic rings. The van der Waals surface area contributed by atoms with Gasteiger partial charge in [-0.15, -0.1) is 11.3 Å². The second kappa shape index (κ2) is 5.33. The highest BCUT2D eigenvalue weighted by Gasteiger charge is 2.02. The molecule has 0 unspecified atom stereocenters. The van der Waals surface area contributed by atoms with Gasteiger partial charge < -0.3 is 5.32 Å². The lowest BCUT2D eigenvalue weighted by Crippen LogP contribution is -2.00. The Morgan fingerprint density at radius 1 is 1.50 bits per heavy atom. The van der Waals surface area contributed by atoms with Crippen LogP contribution in [0, 0.1) is 10.5 Å². The number of anilines is 1. The lowest BCUT2D eigenvalue weighted by Gasteiger charge is -2.08. The summed E-state index contributed by atoms with van der Waals surface area (Å²) in [5.74, 6) is 0. The van der Waals surface area contributed by atoms with E-state index in [1.807, 2.05) is 0 Å². The Bertz CT molecular complexity index is 498. The van der Waals surface area contributed by atoms with Crippen LogP contribution >= 0.6 is 45.5 Å². The van der Waals surface area contributed by atoms with Crippen LogP contribution in [0.3, 0.4) is 0 Å². The summed E-state index contributed by atoms with van der Waals surface area (Å²) in [6, 6.07) is 6.33. The number of nitrogens with zero attached hydrogens (tertiary/aromatic N) is 1. The Labute approximate surface area is 117 Å². The van der Waals surface area contributed by atoms with Crippen LogP contribution < -0.4 is 5.32 Å². The molecule has 0 saturated carbocycles. The second-order valence-electron chi connectivity index (χ2n) is 3.37. The number of rotatable bonds is 3. The smallest absolute Gasteiger partial charge is 0.113 e. The molecule has 0 saturated heterocycles. The number of hydrogen-bond acceptors (Lipinski definition) is 3. The number of halogens is 2. The van der Waals surface area contributed by atoms with Crippen LogP contribution in [-0.4, -0.2) is 4.98 Å². The molecule has 16 heavy (non-hydrogen) atoms. The fraction of sp³-hybridized carbons (Fsp3) is 0.182. The predicted octanol–water partition coefficient (Wildman–Crippen LogP) is 4.32. The number of aromatic nitrogens is 1. The van der Waals surface area contributed by atoms with Gasteiger partial charge in [0.15, 0.2) is 0 Å². The monoisotopic (exact) mass is 364 g/mol. The molecule has 2 aromatic rings. The highest BCUT2D eigenvalue weighted by atomic mass is 127. The molecule has 0 bridgehead atoms. The van der Waals surface area contributed by atoms with E-state index in [0.29, 0.717) is 0 Å². The molecular weight excluding hydrogens is 355 g/mol. The van der Waals surface area contributed by atoms with Gasteiger partial charge in [-0.3, -0.25) is 0 Å². The third kappa shape index (κ3) is 3.09. The molecule has 0 aliphatic carbocycles. The van der Waals surface area contributed by atoms with Crippen molar-refractivity contribution in [3.63, 3.8) is 0 Å². The third-order valence-electron chi connectivity index (χ3n) is 2.14.